The molecule has 0 N–H and O–H groups in total. The molecule has 0 aliphatic carbocycles. The van der Waals surface area contributed by atoms with Crippen molar-refractivity contribution in [3.05, 3.63) is 66.3 Å². The van der Waals surface area contributed by atoms with Crippen LogP contribution in [0, 0.1) is 0 Å². The molecule has 1 saturated heterocycles. The number of hydrogen-bond acceptors (Lipinski definition) is 6. The Labute approximate surface area is 188 Å². The van der Waals surface area contributed by atoms with Crippen LogP contribution in [0.2, 0.25) is 0 Å². The number of alkyl halides is 3. The monoisotopic (exact) mass is 479 g/mol. The van der Waals surface area contributed by atoms with Crippen molar-refractivity contribution in [3.63, 3.8) is 0 Å². The minimum Gasteiger partial charge on any atom is -0.452 e. The van der Waals surface area contributed by atoms with Crippen LogP contribution in [0.3, 0.4) is 0 Å². The summed E-state index contributed by atoms with van der Waals surface area (Å²) in [5.74, 6) is -0.225. The summed E-state index contributed by atoms with van der Waals surface area (Å²) in [7, 11) is -3.89. The predicted octanol–water partition coefficient (Wildman–Crippen LogP) is 4.11. The summed E-state index contributed by atoms with van der Waals surface area (Å²) in [5.41, 5.74) is 0.706. The number of aromatic nitrogens is 2. The molecular formula is C22H20F3N3O4S. The van der Waals surface area contributed by atoms with Gasteiger partial charge in [-0.3, -0.25) is 4.79 Å². The maximum Gasteiger partial charge on any atom is 0.416 e. The number of rotatable bonds is 7. The van der Waals surface area contributed by atoms with Gasteiger partial charge in [-0.2, -0.15) is 17.5 Å². The number of benzene rings is 1. The number of sulfonamides is 1. The van der Waals surface area contributed by atoms with Gasteiger partial charge in [-0.05, 0) is 49.6 Å². The molecule has 1 aliphatic heterocycles. The first kappa shape index (κ1) is 23.1. The molecule has 1 atom stereocenters. The summed E-state index contributed by atoms with van der Waals surface area (Å²) in [6.07, 6.45) is -0.548. The van der Waals surface area contributed by atoms with Crippen molar-refractivity contribution in [2.24, 2.45) is 0 Å². The number of aryl methyl sites for hydroxylation is 1. The molecule has 0 unspecified atom stereocenters. The molecule has 11 heteroatoms. The van der Waals surface area contributed by atoms with Gasteiger partial charge in [0.2, 0.25) is 5.09 Å². The Morgan fingerprint density at radius 2 is 1.91 bits per heavy atom. The second-order valence-electron chi connectivity index (χ2n) is 7.64. The summed E-state index contributed by atoms with van der Waals surface area (Å²) in [5, 5.41) is -0.195. The molecular weight excluding hydrogens is 459 g/mol. The zero-order chi connectivity index (χ0) is 23.6. The third kappa shape index (κ3) is 4.98. The molecule has 0 amide bonds. The lowest BCUT2D eigenvalue weighted by atomic mass is 10.0. The highest BCUT2D eigenvalue weighted by atomic mass is 32.2. The fourth-order valence-electron chi connectivity index (χ4n) is 3.82. The Hall–Kier alpha value is -3.05. The van der Waals surface area contributed by atoms with E-state index >= 15 is 0 Å². The molecule has 3 heterocycles. The van der Waals surface area contributed by atoms with Gasteiger partial charge in [0.1, 0.15) is 6.33 Å². The fourth-order valence-corrected chi connectivity index (χ4v) is 5.40. The number of carbonyl (C=O) groups excluding carboxylic acids is 1. The van der Waals surface area contributed by atoms with Crippen molar-refractivity contribution in [2.75, 3.05) is 6.54 Å². The number of hydrogen-bond donors (Lipinski definition) is 0. The molecule has 1 fully saturated rings. The van der Waals surface area contributed by atoms with Gasteiger partial charge < -0.3 is 4.42 Å². The molecule has 4 rings (SSSR count). The summed E-state index contributed by atoms with van der Waals surface area (Å²) >= 11 is 0. The summed E-state index contributed by atoms with van der Waals surface area (Å²) in [6, 6.07) is 8.29. The van der Waals surface area contributed by atoms with E-state index in [1.54, 1.807) is 6.07 Å². The van der Waals surface area contributed by atoms with E-state index < -0.39 is 27.8 Å². The predicted molar refractivity (Wildman–Crippen MR) is 111 cm³/mol. The summed E-state index contributed by atoms with van der Waals surface area (Å²) in [6.45, 7) is 0.241. The van der Waals surface area contributed by atoms with Crippen LogP contribution in [0.4, 0.5) is 13.2 Å². The number of halogens is 3. The Kier molecular flexibility index (Phi) is 6.35. The Morgan fingerprint density at radius 1 is 1.15 bits per heavy atom. The van der Waals surface area contributed by atoms with Crippen molar-refractivity contribution in [3.8, 4) is 11.3 Å². The first-order chi connectivity index (χ1) is 15.7. The van der Waals surface area contributed by atoms with E-state index in [0.717, 1.165) is 12.1 Å². The van der Waals surface area contributed by atoms with Crippen LogP contribution < -0.4 is 0 Å². The molecule has 3 aromatic rings. The molecule has 1 aliphatic rings. The zero-order valence-electron chi connectivity index (χ0n) is 17.3. The maximum absolute atomic E-state index is 12.8. The number of furan rings is 1. The molecule has 0 bridgehead atoms. The highest BCUT2D eigenvalue weighted by Crippen LogP contribution is 2.31. The van der Waals surface area contributed by atoms with Gasteiger partial charge in [-0.1, -0.05) is 12.1 Å². The molecule has 174 valence electrons. The zero-order valence-corrected chi connectivity index (χ0v) is 18.1. The standard InChI is InChI=1S/C22H20F3N3O4S/c23-22(24,25)16-7-5-15(6-8-16)18-13-17(26-14-27-18)9-10-20(29)19-3-1-11-28(19)33(30,31)21-4-2-12-32-21/h2,4-8,12-14,19H,1,3,9-11H2/t19-/m0/s1. The van der Waals surface area contributed by atoms with Gasteiger partial charge in [-0.25, -0.2) is 18.4 Å². The first-order valence-corrected chi connectivity index (χ1v) is 11.7. The number of ketones is 1. The molecule has 7 nitrogen and oxygen atoms in total. The van der Waals surface area contributed by atoms with E-state index in [2.05, 4.69) is 9.97 Å². The number of nitrogens with zero attached hydrogens (tertiary/aromatic N) is 3. The van der Waals surface area contributed by atoms with Crippen LogP contribution in [-0.2, 0) is 27.4 Å². The molecule has 0 saturated carbocycles. The van der Waals surface area contributed by atoms with Crippen LogP contribution in [0.1, 0.15) is 30.5 Å². The van der Waals surface area contributed by atoms with Gasteiger partial charge in [0, 0.05) is 24.2 Å². The summed E-state index contributed by atoms with van der Waals surface area (Å²) < 4.78 is 70.0. The molecule has 0 spiro atoms. The van der Waals surface area contributed by atoms with Crippen molar-refractivity contribution in [1.82, 2.24) is 14.3 Å². The quantitative estimate of drug-likeness (QED) is 0.506. The van der Waals surface area contributed by atoms with Crippen molar-refractivity contribution < 1.29 is 30.8 Å². The van der Waals surface area contributed by atoms with Crippen LogP contribution in [0.15, 0.2) is 64.6 Å². The van der Waals surface area contributed by atoms with E-state index in [1.165, 1.54) is 41.2 Å². The highest BCUT2D eigenvalue weighted by molar-refractivity contribution is 7.89. The average molecular weight is 479 g/mol. The normalized spacial score (nSPS) is 17.4. The highest BCUT2D eigenvalue weighted by Gasteiger charge is 2.40. The molecule has 2 aromatic heterocycles. The lowest BCUT2D eigenvalue weighted by Gasteiger charge is -2.21. The van der Waals surface area contributed by atoms with Crippen LogP contribution in [0.25, 0.3) is 11.3 Å². The van der Waals surface area contributed by atoms with E-state index in [4.69, 9.17) is 4.42 Å². The topological polar surface area (TPSA) is 93.4 Å². The van der Waals surface area contributed by atoms with Crippen molar-refractivity contribution in [1.29, 1.82) is 0 Å². The lowest BCUT2D eigenvalue weighted by Crippen LogP contribution is -2.40. The minimum absolute atomic E-state index is 0.0678. The van der Waals surface area contributed by atoms with E-state index in [1.807, 2.05) is 0 Å². The first-order valence-electron chi connectivity index (χ1n) is 10.2. The summed E-state index contributed by atoms with van der Waals surface area (Å²) in [4.78, 5) is 21.1. The van der Waals surface area contributed by atoms with Crippen molar-refractivity contribution >= 4 is 15.8 Å². The number of carbonyl (C=O) groups is 1. The van der Waals surface area contributed by atoms with Crippen molar-refractivity contribution in [2.45, 2.75) is 43.0 Å². The van der Waals surface area contributed by atoms with Gasteiger partial charge in [0.15, 0.2) is 5.78 Å². The smallest absolute Gasteiger partial charge is 0.416 e. The van der Waals surface area contributed by atoms with Crippen LogP contribution >= 0.6 is 0 Å². The Balaban J connectivity index is 1.44. The average Bonchev–Trinajstić information content (AvgIpc) is 3.50. The minimum atomic E-state index is -4.42. The Morgan fingerprint density at radius 3 is 2.58 bits per heavy atom. The second kappa shape index (κ2) is 9.06. The third-order valence-corrected chi connectivity index (χ3v) is 7.29. The SMILES string of the molecule is O=C(CCc1cc(-c2ccc(C(F)(F)F)cc2)ncn1)[C@@H]1CCCN1S(=O)(=O)c1ccco1. The third-order valence-electron chi connectivity index (χ3n) is 5.49. The van der Waals surface area contributed by atoms with E-state index in [9.17, 15) is 26.4 Å². The van der Waals surface area contributed by atoms with Gasteiger partial charge in [0.05, 0.1) is 23.6 Å². The van der Waals surface area contributed by atoms with E-state index in [-0.39, 0.29) is 30.3 Å². The van der Waals surface area contributed by atoms with Crippen LogP contribution in [-0.4, -0.2) is 41.1 Å². The maximum atomic E-state index is 12.8. The fraction of sp³-hybridized carbons (Fsp3) is 0.318. The number of Topliss-reactive ketones (excluding diaryl/α,β-unsaturated/α-hetero) is 1. The molecule has 0 radical (unpaired) electrons. The van der Waals surface area contributed by atoms with Gasteiger partial charge in [-0.15, -0.1) is 0 Å². The van der Waals surface area contributed by atoms with Crippen LogP contribution in [0.5, 0.6) is 0 Å². The van der Waals surface area contributed by atoms with Gasteiger partial charge in [0.25, 0.3) is 10.0 Å². The second-order valence-corrected chi connectivity index (χ2v) is 9.46. The van der Waals surface area contributed by atoms with E-state index in [0.29, 0.717) is 29.8 Å². The Bertz CT molecular complexity index is 1230. The largest absolute Gasteiger partial charge is 0.452 e. The van der Waals surface area contributed by atoms with Gasteiger partial charge >= 0.3 is 6.18 Å². The lowest BCUT2D eigenvalue weighted by molar-refractivity contribution is -0.137. The molecule has 33 heavy (non-hydrogen) atoms. The molecule has 1 aromatic carbocycles.